The van der Waals surface area contributed by atoms with Crippen LogP contribution >= 0.6 is 0 Å². The van der Waals surface area contributed by atoms with Gasteiger partial charge in [-0.15, -0.1) is 10.2 Å². The number of anilines is 2. The van der Waals surface area contributed by atoms with Crippen molar-refractivity contribution in [2.45, 2.75) is 6.92 Å². The minimum Gasteiger partial charge on any atom is -0.325 e. The molecule has 1 N–H and O–H groups in total. The summed E-state index contributed by atoms with van der Waals surface area (Å²) >= 11 is 0. The van der Waals surface area contributed by atoms with Crippen molar-refractivity contribution in [2.75, 3.05) is 5.32 Å². The summed E-state index contributed by atoms with van der Waals surface area (Å²) in [6, 6.07) is 14.0. The summed E-state index contributed by atoms with van der Waals surface area (Å²) in [6.45, 7) is 1.85. The van der Waals surface area contributed by atoms with Crippen LogP contribution in [0.25, 0.3) is 16.6 Å². The molecule has 0 aliphatic carbocycles. The van der Waals surface area contributed by atoms with E-state index in [2.05, 4.69) is 20.5 Å². The monoisotopic (exact) mass is 293 g/mol. The molecule has 4 rings (SSSR count). The Kier molecular flexibility index (Phi) is 2.75. The van der Waals surface area contributed by atoms with Gasteiger partial charge in [0, 0.05) is 11.1 Å². The van der Waals surface area contributed by atoms with E-state index in [0.29, 0.717) is 17.5 Å². The lowest BCUT2D eigenvalue weighted by molar-refractivity contribution is 0.628. The SMILES string of the molecule is Cc1nnc2c3ccccc3nc(Nc3cccc(F)c3)n12. The summed E-state index contributed by atoms with van der Waals surface area (Å²) in [4.78, 5) is 4.61. The smallest absolute Gasteiger partial charge is 0.215 e. The fraction of sp³-hybridized carbons (Fsp3) is 0.0625. The predicted molar refractivity (Wildman–Crippen MR) is 82.7 cm³/mol. The lowest BCUT2D eigenvalue weighted by Crippen LogP contribution is -2.04. The van der Waals surface area contributed by atoms with E-state index in [0.717, 1.165) is 16.6 Å². The molecule has 5 nitrogen and oxygen atoms in total. The highest BCUT2D eigenvalue weighted by atomic mass is 19.1. The standard InChI is InChI=1S/C16H12FN5/c1-10-20-21-15-13-7-2-3-8-14(13)19-16(22(10)15)18-12-6-4-5-11(17)9-12/h2-9H,1H3,(H,18,19). The van der Waals surface area contributed by atoms with Crippen molar-refractivity contribution >= 4 is 28.2 Å². The van der Waals surface area contributed by atoms with E-state index in [1.54, 1.807) is 12.1 Å². The second kappa shape index (κ2) is 4.77. The van der Waals surface area contributed by atoms with E-state index in [4.69, 9.17) is 0 Å². The van der Waals surface area contributed by atoms with Crippen LogP contribution in [0.5, 0.6) is 0 Å². The molecule has 0 saturated heterocycles. The third-order valence-electron chi connectivity index (χ3n) is 3.49. The molecule has 6 heteroatoms. The number of para-hydroxylation sites is 1. The molecule has 0 amide bonds. The number of aromatic nitrogens is 4. The van der Waals surface area contributed by atoms with E-state index in [1.165, 1.54) is 12.1 Å². The molecule has 2 aromatic heterocycles. The van der Waals surface area contributed by atoms with Gasteiger partial charge in [-0.05, 0) is 37.3 Å². The molecular weight excluding hydrogens is 281 g/mol. The quantitative estimate of drug-likeness (QED) is 0.615. The van der Waals surface area contributed by atoms with Crippen molar-refractivity contribution in [1.82, 2.24) is 19.6 Å². The molecule has 0 bridgehead atoms. The summed E-state index contributed by atoms with van der Waals surface area (Å²) in [6.07, 6.45) is 0. The molecule has 0 aliphatic rings. The molecule has 0 unspecified atom stereocenters. The highest BCUT2D eigenvalue weighted by molar-refractivity contribution is 5.92. The molecule has 22 heavy (non-hydrogen) atoms. The molecule has 0 saturated carbocycles. The average Bonchev–Trinajstić information content (AvgIpc) is 2.90. The van der Waals surface area contributed by atoms with Crippen LogP contribution in [0.15, 0.2) is 48.5 Å². The Labute approximate surface area is 125 Å². The number of halogens is 1. The number of aryl methyl sites for hydroxylation is 1. The van der Waals surface area contributed by atoms with Gasteiger partial charge in [-0.2, -0.15) is 0 Å². The molecule has 108 valence electrons. The van der Waals surface area contributed by atoms with Crippen LogP contribution in [0.2, 0.25) is 0 Å². The minimum absolute atomic E-state index is 0.303. The molecule has 0 radical (unpaired) electrons. The largest absolute Gasteiger partial charge is 0.325 e. The fourth-order valence-corrected chi connectivity index (χ4v) is 2.49. The number of hydrogen-bond acceptors (Lipinski definition) is 4. The third-order valence-corrected chi connectivity index (χ3v) is 3.49. The fourth-order valence-electron chi connectivity index (χ4n) is 2.49. The summed E-state index contributed by atoms with van der Waals surface area (Å²) in [5.74, 6) is 0.969. The highest BCUT2D eigenvalue weighted by Crippen LogP contribution is 2.24. The van der Waals surface area contributed by atoms with Crippen LogP contribution in [0.4, 0.5) is 16.0 Å². The minimum atomic E-state index is -0.303. The van der Waals surface area contributed by atoms with Crippen molar-refractivity contribution in [3.05, 3.63) is 60.2 Å². The zero-order chi connectivity index (χ0) is 15.1. The first-order valence-electron chi connectivity index (χ1n) is 6.85. The first-order valence-corrected chi connectivity index (χ1v) is 6.85. The second-order valence-corrected chi connectivity index (χ2v) is 4.99. The van der Waals surface area contributed by atoms with Crippen molar-refractivity contribution in [2.24, 2.45) is 0 Å². The van der Waals surface area contributed by atoms with E-state index in [9.17, 15) is 4.39 Å². The van der Waals surface area contributed by atoms with Gasteiger partial charge in [-0.3, -0.25) is 0 Å². The van der Waals surface area contributed by atoms with E-state index >= 15 is 0 Å². The molecule has 0 spiro atoms. The molecule has 0 atom stereocenters. The first-order chi connectivity index (χ1) is 10.7. The van der Waals surface area contributed by atoms with E-state index in [1.807, 2.05) is 35.6 Å². The first kappa shape index (κ1) is 12.7. The van der Waals surface area contributed by atoms with Crippen LogP contribution in [-0.2, 0) is 0 Å². The molecule has 2 heterocycles. The maximum atomic E-state index is 13.4. The zero-order valence-electron chi connectivity index (χ0n) is 11.8. The van der Waals surface area contributed by atoms with Crippen LogP contribution in [0, 0.1) is 12.7 Å². The Morgan fingerprint density at radius 1 is 1.05 bits per heavy atom. The van der Waals surface area contributed by atoms with Crippen molar-refractivity contribution in [1.29, 1.82) is 0 Å². The number of hydrogen-bond donors (Lipinski definition) is 1. The Bertz CT molecular complexity index is 992. The highest BCUT2D eigenvalue weighted by Gasteiger charge is 2.12. The van der Waals surface area contributed by atoms with Crippen LogP contribution < -0.4 is 5.32 Å². The van der Waals surface area contributed by atoms with Gasteiger partial charge in [0.1, 0.15) is 11.6 Å². The lowest BCUT2D eigenvalue weighted by Gasteiger charge is -2.10. The van der Waals surface area contributed by atoms with Gasteiger partial charge in [0.05, 0.1) is 5.52 Å². The summed E-state index contributed by atoms with van der Waals surface area (Å²) in [5.41, 5.74) is 2.15. The lowest BCUT2D eigenvalue weighted by atomic mass is 10.2. The van der Waals surface area contributed by atoms with Crippen molar-refractivity contribution in [3.63, 3.8) is 0 Å². The number of nitrogens with zero attached hydrogens (tertiary/aromatic N) is 4. The Morgan fingerprint density at radius 2 is 1.91 bits per heavy atom. The predicted octanol–water partition coefficient (Wildman–Crippen LogP) is 3.47. The van der Waals surface area contributed by atoms with Gasteiger partial charge < -0.3 is 5.32 Å². The third kappa shape index (κ3) is 1.96. The Morgan fingerprint density at radius 3 is 2.77 bits per heavy atom. The van der Waals surface area contributed by atoms with E-state index in [-0.39, 0.29) is 5.82 Å². The van der Waals surface area contributed by atoms with E-state index < -0.39 is 0 Å². The number of benzene rings is 2. The maximum absolute atomic E-state index is 13.4. The maximum Gasteiger partial charge on any atom is 0.215 e. The molecular formula is C16H12FN5. The van der Waals surface area contributed by atoms with Gasteiger partial charge in [-0.25, -0.2) is 13.8 Å². The van der Waals surface area contributed by atoms with Crippen LogP contribution in [0.3, 0.4) is 0 Å². The number of rotatable bonds is 2. The van der Waals surface area contributed by atoms with Crippen molar-refractivity contribution in [3.8, 4) is 0 Å². The summed E-state index contributed by atoms with van der Waals surface area (Å²) < 4.78 is 15.2. The topological polar surface area (TPSA) is 55.1 Å². The normalized spacial score (nSPS) is 11.2. The summed E-state index contributed by atoms with van der Waals surface area (Å²) in [5, 5.41) is 12.4. The van der Waals surface area contributed by atoms with Gasteiger partial charge in [0.2, 0.25) is 5.95 Å². The Balaban J connectivity index is 1.96. The van der Waals surface area contributed by atoms with Crippen molar-refractivity contribution < 1.29 is 4.39 Å². The zero-order valence-corrected chi connectivity index (χ0v) is 11.8. The van der Waals surface area contributed by atoms with Crippen LogP contribution in [-0.4, -0.2) is 19.6 Å². The average molecular weight is 293 g/mol. The number of fused-ring (bicyclic) bond motifs is 3. The molecule has 2 aromatic carbocycles. The van der Waals surface area contributed by atoms with Gasteiger partial charge in [0.25, 0.3) is 0 Å². The summed E-state index contributed by atoms with van der Waals surface area (Å²) in [7, 11) is 0. The van der Waals surface area contributed by atoms with Gasteiger partial charge >= 0.3 is 0 Å². The number of nitrogens with one attached hydrogen (secondary N) is 1. The van der Waals surface area contributed by atoms with Gasteiger partial charge in [-0.1, -0.05) is 18.2 Å². The second-order valence-electron chi connectivity index (χ2n) is 4.99. The molecule has 0 fully saturated rings. The van der Waals surface area contributed by atoms with Gasteiger partial charge in [0.15, 0.2) is 5.65 Å². The molecule has 4 aromatic rings. The van der Waals surface area contributed by atoms with Crippen LogP contribution in [0.1, 0.15) is 5.82 Å². The Hall–Kier alpha value is -3.02. The molecule has 0 aliphatic heterocycles.